The molecule has 1 heterocycles. The summed E-state index contributed by atoms with van der Waals surface area (Å²) in [5.74, 6) is 0.899. The van der Waals surface area contributed by atoms with Crippen LogP contribution in [0.2, 0.25) is 0 Å². The molecule has 4 heteroatoms. The van der Waals surface area contributed by atoms with Crippen molar-refractivity contribution in [3.63, 3.8) is 0 Å². The van der Waals surface area contributed by atoms with Gasteiger partial charge in [0.05, 0.1) is 5.69 Å². The smallest absolute Gasteiger partial charge is 0.119 e. The topological polar surface area (TPSA) is 38.9 Å². The lowest BCUT2D eigenvalue weighted by atomic mass is 10.2. The Labute approximate surface area is 110 Å². The number of benzene rings is 1. The summed E-state index contributed by atoms with van der Waals surface area (Å²) >= 11 is 3.43. The van der Waals surface area contributed by atoms with E-state index < -0.39 is 0 Å². The number of anilines is 1. The first-order valence-corrected chi connectivity index (χ1v) is 7.47. The maximum absolute atomic E-state index is 5.84. The number of hydrogen-bond donors (Lipinski definition) is 1. The van der Waals surface area contributed by atoms with E-state index in [0.29, 0.717) is 0 Å². The van der Waals surface area contributed by atoms with E-state index in [-0.39, 0.29) is 0 Å². The van der Waals surface area contributed by atoms with Gasteiger partial charge in [-0.2, -0.15) is 0 Å². The van der Waals surface area contributed by atoms with Crippen LogP contribution in [-0.4, -0.2) is 11.2 Å². The summed E-state index contributed by atoms with van der Waals surface area (Å²) in [7, 11) is 0. The minimum absolute atomic E-state index is 0.748. The summed E-state index contributed by atoms with van der Waals surface area (Å²) < 4.78 is 0. The largest absolute Gasteiger partial charge is 0.397 e. The molecular weight excluding hydrogens is 248 g/mol. The molecule has 0 saturated heterocycles. The molecule has 2 N–H and O–H groups in total. The van der Waals surface area contributed by atoms with Crippen molar-refractivity contribution < 1.29 is 0 Å². The number of nitrogens with zero attached hydrogens (tertiary/aromatic N) is 1. The fourth-order valence-electron chi connectivity index (χ4n) is 1.40. The summed E-state index contributed by atoms with van der Waals surface area (Å²) in [6, 6.07) is 12.3. The highest BCUT2D eigenvalue weighted by Gasteiger charge is 2.01. The van der Waals surface area contributed by atoms with E-state index >= 15 is 0 Å². The number of thioether (sulfide) groups is 2. The molecular formula is C13H14N2S2. The first-order chi connectivity index (χ1) is 8.29. The van der Waals surface area contributed by atoms with Crippen molar-refractivity contribution in [3.05, 3.63) is 48.2 Å². The molecule has 2 nitrogen and oxygen atoms in total. The summed E-state index contributed by atoms with van der Waals surface area (Å²) in [6.45, 7) is 0. The molecule has 88 valence electrons. The molecule has 2 rings (SSSR count). The van der Waals surface area contributed by atoms with E-state index in [1.807, 2.05) is 12.1 Å². The minimum atomic E-state index is 0.748. The van der Waals surface area contributed by atoms with E-state index in [1.54, 1.807) is 29.7 Å². The standard InChI is InChI=1S/C13H14N2S2/c1-16-11-6-4-10(5-7-11)9-17-13-12(14)3-2-8-15-13/h2-8H,9,14H2,1H3. The van der Waals surface area contributed by atoms with Crippen LogP contribution in [0.15, 0.2) is 52.5 Å². The second-order valence-corrected chi connectivity index (χ2v) is 5.38. The Morgan fingerprint density at radius 2 is 1.94 bits per heavy atom. The van der Waals surface area contributed by atoms with Crippen LogP contribution in [0.3, 0.4) is 0 Å². The van der Waals surface area contributed by atoms with Gasteiger partial charge in [0.15, 0.2) is 0 Å². The van der Waals surface area contributed by atoms with Crippen molar-refractivity contribution in [2.75, 3.05) is 12.0 Å². The van der Waals surface area contributed by atoms with Crippen LogP contribution in [0, 0.1) is 0 Å². The van der Waals surface area contributed by atoms with Gasteiger partial charge < -0.3 is 5.73 Å². The molecule has 0 spiro atoms. The third-order valence-electron chi connectivity index (χ3n) is 2.34. The van der Waals surface area contributed by atoms with Crippen molar-refractivity contribution >= 4 is 29.2 Å². The van der Waals surface area contributed by atoms with Gasteiger partial charge in [-0.3, -0.25) is 0 Å². The molecule has 0 radical (unpaired) electrons. The van der Waals surface area contributed by atoms with Crippen LogP contribution in [0.1, 0.15) is 5.56 Å². The summed E-state index contributed by atoms with van der Waals surface area (Å²) in [6.07, 6.45) is 3.86. The van der Waals surface area contributed by atoms with E-state index in [2.05, 4.69) is 35.5 Å². The van der Waals surface area contributed by atoms with Gasteiger partial charge in [-0.05, 0) is 36.1 Å². The molecule has 0 amide bonds. The molecule has 1 aromatic carbocycles. The number of nitrogens with two attached hydrogens (primary N) is 1. The number of hydrogen-bond acceptors (Lipinski definition) is 4. The van der Waals surface area contributed by atoms with E-state index in [0.717, 1.165) is 16.5 Å². The zero-order valence-corrected chi connectivity index (χ0v) is 11.2. The fraction of sp³-hybridized carbons (Fsp3) is 0.154. The maximum atomic E-state index is 5.84. The van der Waals surface area contributed by atoms with E-state index in [4.69, 9.17) is 5.73 Å². The van der Waals surface area contributed by atoms with Gasteiger partial charge in [0.1, 0.15) is 5.03 Å². The third-order valence-corrected chi connectivity index (χ3v) is 4.17. The van der Waals surface area contributed by atoms with Crippen LogP contribution in [0.25, 0.3) is 0 Å². The minimum Gasteiger partial charge on any atom is -0.397 e. The second kappa shape index (κ2) is 5.98. The van der Waals surface area contributed by atoms with Gasteiger partial charge in [0.25, 0.3) is 0 Å². The molecule has 0 bridgehead atoms. The zero-order valence-electron chi connectivity index (χ0n) is 9.59. The van der Waals surface area contributed by atoms with E-state index in [9.17, 15) is 0 Å². The third kappa shape index (κ3) is 3.41. The van der Waals surface area contributed by atoms with Gasteiger partial charge in [0.2, 0.25) is 0 Å². The molecule has 17 heavy (non-hydrogen) atoms. The molecule has 0 fully saturated rings. The normalized spacial score (nSPS) is 10.4. The van der Waals surface area contributed by atoms with Crippen LogP contribution >= 0.6 is 23.5 Å². The van der Waals surface area contributed by atoms with Gasteiger partial charge >= 0.3 is 0 Å². The molecule has 0 atom stereocenters. The van der Waals surface area contributed by atoms with Crippen molar-refractivity contribution in [2.24, 2.45) is 0 Å². The highest BCUT2D eigenvalue weighted by molar-refractivity contribution is 7.98. The van der Waals surface area contributed by atoms with Crippen LogP contribution in [0.4, 0.5) is 5.69 Å². The summed E-state index contributed by atoms with van der Waals surface area (Å²) in [5, 5.41) is 0.904. The Morgan fingerprint density at radius 1 is 1.18 bits per heavy atom. The van der Waals surface area contributed by atoms with Gasteiger partial charge in [-0.15, -0.1) is 11.8 Å². The average molecular weight is 262 g/mol. The quantitative estimate of drug-likeness (QED) is 0.853. The van der Waals surface area contributed by atoms with Crippen molar-refractivity contribution in [3.8, 4) is 0 Å². The van der Waals surface area contributed by atoms with Crippen molar-refractivity contribution in [2.45, 2.75) is 15.7 Å². The second-order valence-electron chi connectivity index (χ2n) is 3.53. The fourth-order valence-corrected chi connectivity index (χ4v) is 2.67. The highest BCUT2D eigenvalue weighted by atomic mass is 32.2. The lowest BCUT2D eigenvalue weighted by molar-refractivity contribution is 1.14. The monoisotopic (exact) mass is 262 g/mol. The Kier molecular flexibility index (Phi) is 4.34. The van der Waals surface area contributed by atoms with Gasteiger partial charge in [-0.25, -0.2) is 4.98 Å². The Balaban J connectivity index is 2.00. The molecule has 2 aromatic rings. The summed E-state index contributed by atoms with van der Waals surface area (Å²) in [4.78, 5) is 5.55. The van der Waals surface area contributed by atoms with Crippen molar-refractivity contribution in [1.29, 1.82) is 0 Å². The molecule has 0 aliphatic heterocycles. The predicted octanol–water partition coefficient (Wildman–Crippen LogP) is 3.68. The maximum Gasteiger partial charge on any atom is 0.119 e. The van der Waals surface area contributed by atoms with Crippen molar-refractivity contribution in [1.82, 2.24) is 4.98 Å². The lowest BCUT2D eigenvalue weighted by Crippen LogP contribution is -1.91. The van der Waals surface area contributed by atoms with Gasteiger partial charge in [-0.1, -0.05) is 23.9 Å². The number of nitrogen functional groups attached to an aromatic ring is 1. The Hall–Kier alpha value is -1.13. The van der Waals surface area contributed by atoms with E-state index in [1.165, 1.54) is 10.5 Å². The zero-order chi connectivity index (χ0) is 12.1. The molecule has 0 aliphatic rings. The molecule has 1 aromatic heterocycles. The van der Waals surface area contributed by atoms with Crippen LogP contribution < -0.4 is 5.73 Å². The molecule has 0 aliphatic carbocycles. The summed E-state index contributed by atoms with van der Waals surface area (Å²) in [5.41, 5.74) is 7.88. The number of aromatic nitrogens is 1. The molecule has 0 saturated carbocycles. The SMILES string of the molecule is CSc1ccc(CSc2ncccc2N)cc1. The number of pyridine rings is 1. The first-order valence-electron chi connectivity index (χ1n) is 5.26. The highest BCUT2D eigenvalue weighted by Crippen LogP contribution is 2.26. The first kappa shape index (κ1) is 12.3. The van der Waals surface area contributed by atoms with Gasteiger partial charge in [0, 0.05) is 16.8 Å². The predicted molar refractivity (Wildman–Crippen MR) is 76.4 cm³/mol. The lowest BCUT2D eigenvalue weighted by Gasteiger charge is -2.04. The average Bonchev–Trinajstić information content (AvgIpc) is 2.38. The number of rotatable bonds is 4. The Bertz CT molecular complexity index is 483. The Morgan fingerprint density at radius 3 is 2.59 bits per heavy atom. The molecule has 0 unspecified atom stereocenters. The van der Waals surface area contributed by atoms with Crippen LogP contribution in [-0.2, 0) is 5.75 Å². The van der Waals surface area contributed by atoms with Crippen LogP contribution in [0.5, 0.6) is 0 Å².